The molecule has 2 aliphatic rings. The molecule has 0 fully saturated rings. The summed E-state index contributed by atoms with van der Waals surface area (Å²) in [5.41, 5.74) is 6.25. The molecule has 0 aliphatic carbocycles. The van der Waals surface area contributed by atoms with Crippen molar-refractivity contribution in [3.8, 4) is 11.1 Å². The van der Waals surface area contributed by atoms with Gasteiger partial charge in [-0.1, -0.05) is 30.3 Å². The molecule has 2 aliphatic heterocycles. The molecule has 142 valence electrons. The number of hydrogen-bond acceptors (Lipinski definition) is 4. The molecule has 0 saturated heterocycles. The van der Waals surface area contributed by atoms with Gasteiger partial charge in [-0.3, -0.25) is 0 Å². The number of nitrogens with zero attached hydrogens (tertiary/aromatic N) is 2. The topological polar surface area (TPSA) is 51.0 Å². The number of esters is 1. The number of halogens is 1. The third kappa shape index (κ3) is 2.78. The average Bonchev–Trinajstić information content (AvgIpc) is 3.25. The summed E-state index contributed by atoms with van der Waals surface area (Å²) in [6.45, 7) is 4.03. The Morgan fingerprint density at radius 1 is 1.00 bits per heavy atom. The average molecular weight is 384 g/mol. The van der Waals surface area contributed by atoms with E-state index in [0.717, 1.165) is 44.1 Å². The Labute approximate surface area is 166 Å². The van der Waals surface area contributed by atoms with Crippen LogP contribution in [-0.2, 0) is 16.1 Å². The van der Waals surface area contributed by atoms with Gasteiger partial charge in [0.05, 0.1) is 16.4 Å². The molecule has 0 unspecified atom stereocenters. The van der Waals surface area contributed by atoms with Crippen molar-refractivity contribution < 1.29 is 13.9 Å². The lowest BCUT2D eigenvalue weighted by Crippen LogP contribution is -2.18. The van der Waals surface area contributed by atoms with Gasteiger partial charge in [0.15, 0.2) is 5.70 Å². The van der Waals surface area contributed by atoms with Crippen LogP contribution in [-0.4, -0.2) is 5.97 Å². The molecule has 5 rings (SSSR count). The maximum absolute atomic E-state index is 13.6. The number of ether oxygens (including phenoxy) is 1. The van der Waals surface area contributed by atoms with Gasteiger partial charge in [-0.2, -0.15) is 0 Å². The molecular formula is C24H17FN2O2. The summed E-state index contributed by atoms with van der Waals surface area (Å²) in [4.78, 5) is 21.8. The van der Waals surface area contributed by atoms with Gasteiger partial charge in [0.2, 0.25) is 0 Å². The molecule has 0 atom stereocenters. The highest BCUT2D eigenvalue weighted by Gasteiger charge is 2.26. The number of benzene rings is 3. The van der Waals surface area contributed by atoms with E-state index in [-0.39, 0.29) is 12.4 Å². The summed E-state index contributed by atoms with van der Waals surface area (Å²) in [7, 11) is 0. The first-order chi connectivity index (χ1) is 14.0. The molecule has 0 saturated carbocycles. The highest BCUT2D eigenvalue weighted by Crippen LogP contribution is 2.35. The number of carbonyl (C=O) groups is 1. The predicted octanol–water partition coefficient (Wildman–Crippen LogP) is 4.17. The Kier molecular flexibility index (Phi) is 3.91. The van der Waals surface area contributed by atoms with E-state index in [2.05, 4.69) is 9.98 Å². The minimum absolute atomic E-state index is 0.200. The van der Waals surface area contributed by atoms with E-state index < -0.39 is 5.97 Å². The second kappa shape index (κ2) is 6.48. The number of hydrogen-bond donors (Lipinski definition) is 0. The molecule has 3 aromatic carbocycles. The van der Waals surface area contributed by atoms with Crippen LogP contribution in [0.15, 0.2) is 70.3 Å². The van der Waals surface area contributed by atoms with Crippen LogP contribution in [0.5, 0.6) is 0 Å². The Balaban J connectivity index is 1.53. The van der Waals surface area contributed by atoms with Gasteiger partial charge < -0.3 is 4.74 Å². The van der Waals surface area contributed by atoms with Crippen LogP contribution >= 0.6 is 0 Å². The van der Waals surface area contributed by atoms with E-state index >= 15 is 0 Å². The molecular weight excluding hydrogens is 367 g/mol. The Morgan fingerprint density at radius 3 is 2.59 bits per heavy atom. The van der Waals surface area contributed by atoms with Crippen molar-refractivity contribution in [1.82, 2.24) is 0 Å². The molecule has 0 N–H and O–H groups in total. The quantitative estimate of drug-likeness (QED) is 0.498. The maximum atomic E-state index is 13.6. The summed E-state index contributed by atoms with van der Waals surface area (Å²) < 4.78 is 19.0. The lowest BCUT2D eigenvalue weighted by Gasteiger charge is -2.06. The first-order valence-electron chi connectivity index (χ1n) is 9.36. The van der Waals surface area contributed by atoms with E-state index in [1.54, 1.807) is 6.07 Å². The first-order valence-corrected chi connectivity index (χ1v) is 9.36. The lowest BCUT2D eigenvalue weighted by molar-refractivity contribution is -0.140. The van der Waals surface area contributed by atoms with Crippen LogP contribution in [0, 0.1) is 12.7 Å². The summed E-state index contributed by atoms with van der Waals surface area (Å²) in [5, 5.41) is 1.52. The van der Waals surface area contributed by atoms with Gasteiger partial charge in [-0.05, 0) is 48.7 Å². The largest absolute Gasteiger partial charge is 0.456 e. The second-order valence-corrected chi connectivity index (χ2v) is 7.21. The maximum Gasteiger partial charge on any atom is 0.357 e. The van der Waals surface area contributed by atoms with Crippen molar-refractivity contribution in [2.24, 2.45) is 9.98 Å². The lowest BCUT2D eigenvalue weighted by atomic mass is 9.96. The Hall–Kier alpha value is -3.60. The molecule has 2 heterocycles. The van der Waals surface area contributed by atoms with Crippen molar-refractivity contribution in [2.45, 2.75) is 20.5 Å². The molecule has 29 heavy (non-hydrogen) atoms. The summed E-state index contributed by atoms with van der Waals surface area (Å²) >= 11 is 0. The van der Waals surface area contributed by atoms with E-state index in [4.69, 9.17) is 4.74 Å². The zero-order chi connectivity index (χ0) is 20.1. The highest BCUT2D eigenvalue weighted by molar-refractivity contribution is 5.99. The third-order valence-electron chi connectivity index (χ3n) is 5.37. The zero-order valence-corrected chi connectivity index (χ0v) is 16.0. The van der Waals surface area contributed by atoms with E-state index in [9.17, 15) is 9.18 Å². The molecule has 0 amide bonds. The molecule has 0 spiro atoms. The molecule has 4 nitrogen and oxygen atoms in total. The van der Waals surface area contributed by atoms with Crippen molar-refractivity contribution in [2.75, 3.05) is 0 Å². The second-order valence-electron chi connectivity index (χ2n) is 7.21. The van der Waals surface area contributed by atoms with Gasteiger partial charge in [0.1, 0.15) is 12.4 Å². The van der Waals surface area contributed by atoms with Crippen LogP contribution in [0.25, 0.3) is 16.7 Å². The number of allylic oxidation sites excluding steroid dienone is 1. The van der Waals surface area contributed by atoms with E-state index in [1.807, 2.05) is 50.2 Å². The normalized spacial score (nSPS) is 13.3. The van der Waals surface area contributed by atoms with Crippen LogP contribution in [0.4, 0.5) is 10.1 Å². The number of carbonyl (C=O) groups excluding carboxylic acids is 1. The predicted molar refractivity (Wildman–Crippen MR) is 107 cm³/mol. The van der Waals surface area contributed by atoms with Crippen molar-refractivity contribution in [3.63, 3.8) is 0 Å². The number of rotatable bonds is 3. The van der Waals surface area contributed by atoms with Crippen LogP contribution in [0.2, 0.25) is 0 Å². The highest BCUT2D eigenvalue weighted by atomic mass is 19.1. The van der Waals surface area contributed by atoms with E-state index in [0.29, 0.717) is 11.4 Å². The molecule has 0 bridgehead atoms. The SMILES string of the molecule is CC1=C(C(=O)OCc2ccccc2)N=c2cc3c(c(C)c21)=Nc1cc(F)ccc1-3. The van der Waals surface area contributed by atoms with Gasteiger partial charge in [-0.25, -0.2) is 19.2 Å². The number of fused-ring (bicyclic) bond motifs is 4. The van der Waals surface area contributed by atoms with Crippen LogP contribution < -0.4 is 10.7 Å². The summed E-state index contributed by atoms with van der Waals surface area (Å²) in [6, 6.07) is 16.1. The fourth-order valence-electron chi connectivity index (χ4n) is 3.96. The molecule has 5 heteroatoms. The van der Waals surface area contributed by atoms with Gasteiger partial charge >= 0.3 is 5.97 Å². The first kappa shape index (κ1) is 17.5. The fraction of sp³-hybridized carbons (Fsp3) is 0.125. The summed E-state index contributed by atoms with van der Waals surface area (Å²) in [5.74, 6) is -0.753. The smallest absolute Gasteiger partial charge is 0.357 e. The van der Waals surface area contributed by atoms with Crippen LogP contribution in [0.3, 0.4) is 0 Å². The van der Waals surface area contributed by atoms with Crippen molar-refractivity contribution in [3.05, 3.63) is 93.5 Å². The van der Waals surface area contributed by atoms with Crippen LogP contribution in [0.1, 0.15) is 23.6 Å². The summed E-state index contributed by atoms with van der Waals surface area (Å²) in [6.07, 6.45) is 0. The zero-order valence-electron chi connectivity index (χ0n) is 16.0. The van der Waals surface area contributed by atoms with Gasteiger partial charge in [-0.15, -0.1) is 0 Å². The molecule has 3 aromatic rings. The van der Waals surface area contributed by atoms with Gasteiger partial charge in [0, 0.05) is 22.8 Å². The van der Waals surface area contributed by atoms with Crippen molar-refractivity contribution >= 4 is 17.2 Å². The standard InChI is InChI=1S/C24H17FN2O2/c1-13-21-14(2)23(24(28)29-12-15-6-4-3-5-7-15)27-20(21)11-18-17-9-8-16(25)10-19(17)26-22(13)18/h3-11H,12H2,1-2H3. The van der Waals surface area contributed by atoms with Crippen molar-refractivity contribution in [1.29, 1.82) is 0 Å². The minimum Gasteiger partial charge on any atom is -0.456 e. The molecule has 0 aromatic heterocycles. The van der Waals surface area contributed by atoms with Gasteiger partial charge in [0.25, 0.3) is 0 Å². The third-order valence-corrected chi connectivity index (χ3v) is 5.37. The minimum atomic E-state index is -0.443. The monoisotopic (exact) mass is 384 g/mol. The Bertz CT molecular complexity index is 1340. The Morgan fingerprint density at radius 2 is 1.79 bits per heavy atom. The molecule has 0 radical (unpaired) electrons. The fourth-order valence-corrected chi connectivity index (χ4v) is 3.96. The van der Waals surface area contributed by atoms with E-state index in [1.165, 1.54) is 12.1 Å².